The number of methoxy groups -OCH3 is 1. The maximum atomic E-state index is 13.0. The maximum absolute atomic E-state index is 13.0. The van der Waals surface area contributed by atoms with E-state index in [9.17, 15) is 13.2 Å². The summed E-state index contributed by atoms with van der Waals surface area (Å²) in [6.45, 7) is 4.52. The van der Waals surface area contributed by atoms with Gasteiger partial charge in [-0.2, -0.15) is 0 Å². The second-order valence-electron chi connectivity index (χ2n) is 7.21. The molecule has 1 amide bonds. The van der Waals surface area contributed by atoms with Crippen LogP contribution in [-0.4, -0.2) is 65.8 Å². The van der Waals surface area contributed by atoms with Crippen LogP contribution in [0.3, 0.4) is 0 Å². The molecule has 0 unspecified atom stereocenters. The highest BCUT2D eigenvalue weighted by Crippen LogP contribution is 2.25. The Bertz CT molecular complexity index is 981. The monoisotopic (exact) mass is 417 g/mol. The zero-order valence-corrected chi connectivity index (χ0v) is 18.1. The predicted octanol–water partition coefficient (Wildman–Crippen LogP) is 2.36. The van der Waals surface area contributed by atoms with Crippen LogP contribution < -0.4 is 13.9 Å². The molecular weight excluding hydrogens is 390 g/mol. The van der Waals surface area contributed by atoms with Gasteiger partial charge in [0.25, 0.3) is 5.91 Å². The molecule has 8 heteroatoms. The number of aryl methyl sites for hydroxylation is 1. The standard InChI is InChI=1S/C21H27N3O4S/c1-16-5-6-17(15-20(16)22(2)29(4,26)27)21(25)24-13-11-23(12-14-24)18-7-9-19(28-3)10-8-18/h5-10,15H,11-14H2,1-4H3. The molecule has 1 fully saturated rings. The first-order valence-electron chi connectivity index (χ1n) is 9.43. The molecule has 0 aromatic heterocycles. The van der Waals surface area contributed by atoms with E-state index in [-0.39, 0.29) is 5.91 Å². The van der Waals surface area contributed by atoms with Crippen LogP contribution in [-0.2, 0) is 10.0 Å². The van der Waals surface area contributed by atoms with Crippen molar-refractivity contribution in [1.29, 1.82) is 0 Å². The van der Waals surface area contributed by atoms with Crippen molar-refractivity contribution in [3.8, 4) is 5.75 Å². The molecule has 1 aliphatic heterocycles. The lowest BCUT2D eigenvalue weighted by Crippen LogP contribution is -2.48. The fourth-order valence-corrected chi connectivity index (χ4v) is 3.96. The Morgan fingerprint density at radius 3 is 2.21 bits per heavy atom. The molecule has 1 saturated heterocycles. The van der Waals surface area contributed by atoms with Crippen molar-refractivity contribution in [3.63, 3.8) is 0 Å². The second kappa shape index (κ2) is 8.32. The predicted molar refractivity (Wildman–Crippen MR) is 116 cm³/mol. The van der Waals surface area contributed by atoms with Crippen molar-refractivity contribution in [2.45, 2.75) is 6.92 Å². The van der Waals surface area contributed by atoms with E-state index in [2.05, 4.69) is 4.90 Å². The summed E-state index contributed by atoms with van der Waals surface area (Å²) >= 11 is 0. The lowest BCUT2D eigenvalue weighted by atomic mass is 10.1. The normalized spacial score (nSPS) is 14.6. The van der Waals surface area contributed by atoms with Gasteiger partial charge in [-0.1, -0.05) is 6.07 Å². The Morgan fingerprint density at radius 2 is 1.66 bits per heavy atom. The summed E-state index contributed by atoms with van der Waals surface area (Å²) in [5.74, 6) is 0.735. The summed E-state index contributed by atoms with van der Waals surface area (Å²) in [7, 11) is -0.254. The highest BCUT2D eigenvalue weighted by molar-refractivity contribution is 7.92. The number of hydrogen-bond acceptors (Lipinski definition) is 5. The number of amides is 1. The van der Waals surface area contributed by atoms with Gasteiger partial charge >= 0.3 is 0 Å². The number of nitrogens with zero attached hydrogens (tertiary/aromatic N) is 3. The van der Waals surface area contributed by atoms with Crippen LogP contribution in [0.4, 0.5) is 11.4 Å². The number of hydrogen-bond donors (Lipinski definition) is 0. The molecule has 7 nitrogen and oxygen atoms in total. The smallest absolute Gasteiger partial charge is 0.254 e. The number of carbonyl (C=O) groups is 1. The number of rotatable bonds is 5. The van der Waals surface area contributed by atoms with Crippen LogP contribution in [0.25, 0.3) is 0 Å². The summed E-state index contributed by atoms with van der Waals surface area (Å²) in [5.41, 5.74) is 2.93. The van der Waals surface area contributed by atoms with E-state index in [1.807, 2.05) is 36.1 Å². The lowest BCUT2D eigenvalue weighted by molar-refractivity contribution is 0.0747. The summed E-state index contributed by atoms with van der Waals surface area (Å²) in [5, 5.41) is 0. The molecule has 0 N–H and O–H groups in total. The third kappa shape index (κ3) is 4.64. The van der Waals surface area contributed by atoms with Crippen LogP contribution in [0.15, 0.2) is 42.5 Å². The summed E-state index contributed by atoms with van der Waals surface area (Å²) in [4.78, 5) is 17.0. The van der Waals surface area contributed by atoms with Gasteiger partial charge in [0.2, 0.25) is 10.0 Å². The quantitative estimate of drug-likeness (QED) is 0.747. The minimum atomic E-state index is -3.40. The van der Waals surface area contributed by atoms with E-state index in [0.29, 0.717) is 24.3 Å². The van der Waals surface area contributed by atoms with Gasteiger partial charge in [0.1, 0.15) is 5.75 Å². The van der Waals surface area contributed by atoms with Gasteiger partial charge < -0.3 is 14.5 Å². The van der Waals surface area contributed by atoms with Crippen LogP contribution in [0.5, 0.6) is 5.75 Å². The molecule has 0 spiro atoms. The van der Waals surface area contributed by atoms with Gasteiger partial charge in [0.05, 0.1) is 19.1 Å². The van der Waals surface area contributed by atoms with E-state index in [1.165, 1.54) is 11.4 Å². The molecule has 29 heavy (non-hydrogen) atoms. The molecule has 0 bridgehead atoms. The zero-order valence-electron chi connectivity index (χ0n) is 17.3. The molecule has 0 radical (unpaired) electrons. The molecule has 3 rings (SSSR count). The van der Waals surface area contributed by atoms with Crippen molar-refractivity contribution in [2.75, 3.05) is 55.8 Å². The molecule has 0 atom stereocenters. The van der Waals surface area contributed by atoms with E-state index in [0.717, 1.165) is 36.3 Å². The Labute approximate surface area is 172 Å². The average molecular weight is 418 g/mol. The Hall–Kier alpha value is -2.74. The van der Waals surface area contributed by atoms with Crippen LogP contribution >= 0.6 is 0 Å². The topological polar surface area (TPSA) is 70.2 Å². The first-order valence-corrected chi connectivity index (χ1v) is 11.3. The fourth-order valence-electron chi connectivity index (χ4n) is 3.40. The van der Waals surface area contributed by atoms with Crippen molar-refractivity contribution < 1.29 is 17.9 Å². The van der Waals surface area contributed by atoms with Gasteiger partial charge in [0.15, 0.2) is 0 Å². The number of anilines is 2. The second-order valence-corrected chi connectivity index (χ2v) is 9.22. The van der Waals surface area contributed by atoms with E-state index >= 15 is 0 Å². The minimum Gasteiger partial charge on any atom is -0.497 e. The maximum Gasteiger partial charge on any atom is 0.254 e. The first kappa shape index (κ1) is 21.0. The SMILES string of the molecule is COc1ccc(N2CCN(C(=O)c3ccc(C)c(N(C)S(C)(=O)=O)c3)CC2)cc1. The van der Waals surface area contributed by atoms with Crippen molar-refractivity contribution in [3.05, 3.63) is 53.6 Å². The zero-order chi connectivity index (χ0) is 21.2. The molecule has 2 aromatic rings. The molecule has 2 aromatic carbocycles. The first-order chi connectivity index (χ1) is 13.7. The minimum absolute atomic E-state index is 0.0810. The molecule has 1 heterocycles. The van der Waals surface area contributed by atoms with E-state index in [1.54, 1.807) is 25.3 Å². The highest BCUT2D eigenvalue weighted by atomic mass is 32.2. The van der Waals surface area contributed by atoms with Gasteiger partial charge in [-0.3, -0.25) is 9.10 Å². The lowest BCUT2D eigenvalue weighted by Gasteiger charge is -2.36. The van der Waals surface area contributed by atoms with Gasteiger partial charge in [0, 0.05) is 44.5 Å². The summed E-state index contributed by atoms with van der Waals surface area (Å²) in [6.07, 6.45) is 1.15. The molecule has 156 valence electrons. The fraction of sp³-hybridized carbons (Fsp3) is 0.381. The number of sulfonamides is 1. The number of piperazine rings is 1. The van der Waals surface area contributed by atoms with E-state index in [4.69, 9.17) is 4.74 Å². The Balaban J connectivity index is 1.70. The molecule has 1 aliphatic rings. The van der Waals surface area contributed by atoms with Crippen molar-refractivity contribution in [1.82, 2.24) is 4.90 Å². The van der Waals surface area contributed by atoms with Gasteiger partial charge in [-0.05, 0) is 48.9 Å². The number of ether oxygens (including phenoxy) is 1. The van der Waals surface area contributed by atoms with Crippen molar-refractivity contribution in [2.24, 2.45) is 0 Å². The van der Waals surface area contributed by atoms with Crippen LogP contribution in [0.1, 0.15) is 15.9 Å². The highest BCUT2D eigenvalue weighted by Gasteiger charge is 2.24. The molecule has 0 saturated carbocycles. The van der Waals surface area contributed by atoms with Crippen LogP contribution in [0, 0.1) is 6.92 Å². The summed E-state index contributed by atoms with van der Waals surface area (Å²) < 4.78 is 30.2. The van der Waals surface area contributed by atoms with Crippen LogP contribution in [0.2, 0.25) is 0 Å². The molecular formula is C21H27N3O4S. The van der Waals surface area contributed by atoms with Crippen molar-refractivity contribution >= 4 is 27.3 Å². The van der Waals surface area contributed by atoms with E-state index < -0.39 is 10.0 Å². The third-order valence-electron chi connectivity index (χ3n) is 5.30. The van der Waals surface area contributed by atoms with Gasteiger partial charge in [-0.15, -0.1) is 0 Å². The number of carbonyl (C=O) groups excluding carboxylic acids is 1. The summed E-state index contributed by atoms with van der Waals surface area (Å²) in [6, 6.07) is 13.1. The largest absolute Gasteiger partial charge is 0.497 e. The Kier molecular flexibility index (Phi) is 6.02. The third-order valence-corrected chi connectivity index (χ3v) is 6.49. The average Bonchev–Trinajstić information content (AvgIpc) is 2.72. The number of benzene rings is 2. The van der Waals surface area contributed by atoms with Gasteiger partial charge in [-0.25, -0.2) is 8.42 Å². The Morgan fingerprint density at radius 1 is 1.03 bits per heavy atom. The molecule has 0 aliphatic carbocycles.